The number of carbonyl (C=O) groups excluding carboxylic acids is 2. The second-order valence-corrected chi connectivity index (χ2v) is 8.82. The highest BCUT2D eigenvalue weighted by molar-refractivity contribution is 7.92. The summed E-state index contributed by atoms with van der Waals surface area (Å²) in [5.74, 6) is -1.45. The average molecular weight is 461 g/mol. The van der Waals surface area contributed by atoms with E-state index in [1.165, 1.54) is 43.4 Å². The molecule has 0 atom stereocenters. The minimum Gasteiger partial charge on any atom is -0.466 e. The molecule has 0 fully saturated rings. The van der Waals surface area contributed by atoms with Gasteiger partial charge in [0.25, 0.3) is 10.0 Å². The van der Waals surface area contributed by atoms with Crippen molar-refractivity contribution in [1.82, 2.24) is 0 Å². The van der Waals surface area contributed by atoms with Crippen molar-refractivity contribution < 1.29 is 32.2 Å². The lowest BCUT2D eigenvalue weighted by atomic mass is 10.1. The first-order valence-corrected chi connectivity index (χ1v) is 11.1. The Bertz CT molecular complexity index is 1170. The summed E-state index contributed by atoms with van der Waals surface area (Å²) in [6, 6.07) is 11.3. The number of hydrogen-bond acceptors (Lipinski definition) is 8. The van der Waals surface area contributed by atoms with Gasteiger partial charge in [-0.15, -0.1) is 0 Å². The largest absolute Gasteiger partial charge is 0.466 e. The number of hydrogen-bond donors (Lipinski definition) is 1. The molecule has 0 bridgehead atoms. The molecule has 0 saturated heterocycles. The first-order chi connectivity index (χ1) is 15.2. The van der Waals surface area contributed by atoms with Gasteiger partial charge < -0.3 is 19.1 Å². The number of benzene rings is 2. The van der Waals surface area contributed by atoms with Gasteiger partial charge in [0, 0.05) is 5.69 Å². The number of ether oxygens (including phenoxy) is 3. The monoisotopic (exact) mass is 460 g/mol. The summed E-state index contributed by atoms with van der Waals surface area (Å²) in [4.78, 5) is 25.9. The summed E-state index contributed by atoms with van der Waals surface area (Å²) in [6.07, 6.45) is 0. The van der Waals surface area contributed by atoms with Crippen LogP contribution in [0.1, 0.15) is 11.1 Å². The van der Waals surface area contributed by atoms with Crippen molar-refractivity contribution in [2.45, 2.75) is 18.7 Å². The maximum atomic E-state index is 12.9. The molecule has 1 aliphatic heterocycles. The highest BCUT2D eigenvalue weighted by atomic mass is 32.2. The predicted molar refractivity (Wildman–Crippen MR) is 118 cm³/mol. The fourth-order valence-electron chi connectivity index (χ4n) is 3.20. The van der Waals surface area contributed by atoms with E-state index in [9.17, 15) is 18.0 Å². The topological polar surface area (TPSA) is 111 Å². The van der Waals surface area contributed by atoms with Crippen molar-refractivity contribution in [2.24, 2.45) is 0 Å². The van der Waals surface area contributed by atoms with Crippen LogP contribution in [-0.4, -0.2) is 47.9 Å². The summed E-state index contributed by atoms with van der Waals surface area (Å²) in [5, 5.41) is 0. The fraction of sp³-hybridized carbons (Fsp3) is 0.273. The number of sulfonamides is 1. The van der Waals surface area contributed by atoms with E-state index in [0.29, 0.717) is 11.4 Å². The van der Waals surface area contributed by atoms with Crippen LogP contribution in [0.4, 0.5) is 11.4 Å². The Kier molecular flexibility index (Phi) is 6.85. The third kappa shape index (κ3) is 4.76. The Balaban J connectivity index is 1.94. The number of nitrogens with one attached hydrogen (secondary N) is 1. The van der Waals surface area contributed by atoms with E-state index >= 15 is 0 Å². The molecule has 1 heterocycles. The zero-order valence-electron chi connectivity index (χ0n) is 18.2. The van der Waals surface area contributed by atoms with Crippen molar-refractivity contribution in [1.29, 1.82) is 0 Å². The summed E-state index contributed by atoms with van der Waals surface area (Å²) in [5.41, 5.74) is 2.66. The van der Waals surface area contributed by atoms with E-state index in [1.807, 2.05) is 26.0 Å². The van der Waals surface area contributed by atoms with Crippen LogP contribution in [0.2, 0.25) is 0 Å². The number of aryl methyl sites for hydroxylation is 2. The van der Waals surface area contributed by atoms with E-state index in [4.69, 9.17) is 14.2 Å². The van der Waals surface area contributed by atoms with E-state index in [2.05, 4.69) is 4.72 Å². The van der Waals surface area contributed by atoms with Gasteiger partial charge in [-0.2, -0.15) is 0 Å². The number of nitrogens with zero attached hydrogens (tertiary/aromatic N) is 1. The molecular formula is C22H24N2O7S. The molecular weight excluding hydrogens is 436 g/mol. The first kappa shape index (κ1) is 23.3. The SMILES string of the molecule is COC(=O)C1=C(C(=O)OC)N(c2ccc(S(=O)(=O)Nc3cc(C)ccc3C)cc2)COC1. The standard InChI is InChI=1S/C22H24N2O7S/c1-14-5-6-15(2)19(11-14)23-32(27,28)17-9-7-16(8-10-17)24-13-31-12-18(21(25)29-3)20(24)22(26)30-4/h5-11,23H,12-13H2,1-4H3. The molecule has 2 aromatic rings. The smallest absolute Gasteiger partial charge is 0.355 e. The van der Waals surface area contributed by atoms with Crippen molar-refractivity contribution in [3.63, 3.8) is 0 Å². The molecule has 10 heteroatoms. The Morgan fingerprint density at radius 2 is 1.66 bits per heavy atom. The molecule has 0 aromatic heterocycles. The van der Waals surface area contributed by atoms with Crippen LogP contribution in [0.15, 0.2) is 58.6 Å². The van der Waals surface area contributed by atoms with Gasteiger partial charge in [-0.05, 0) is 55.3 Å². The molecule has 0 spiro atoms. The quantitative estimate of drug-likeness (QED) is 0.655. The van der Waals surface area contributed by atoms with Crippen LogP contribution in [0.5, 0.6) is 0 Å². The van der Waals surface area contributed by atoms with Crippen LogP contribution >= 0.6 is 0 Å². The summed E-state index contributed by atoms with van der Waals surface area (Å²) < 4.78 is 43.3. The lowest BCUT2D eigenvalue weighted by molar-refractivity contribution is -0.140. The zero-order chi connectivity index (χ0) is 23.5. The molecule has 1 aliphatic rings. The first-order valence-electron chi connectivity index (χ1n) is 9.63. The van der Waals surface area contributed by atoms with E-state index in [-0.39, 0.29) is 29.5 Å². The normalized spacial score (nSPS) is 14.2. The van der Waals surface area contributed by atoms with Crippen molar-refractivity contribution in [3.05, 3.63) is 64.9 Å². The van der Waals surface area contributed by atoms with Gasteiger partial charge in [0.1, 0.15) is 12.4 Å². The minimum atomic E-state index is -3.84. The van der Waals surface area contributed by atoms with E-state index < -0.39 is 22.0 Å². The molecule has 0 unspecified atom stereocenters. The predicted octanol–water partition coefficient (Wildman–Crippen LogP) is 2.50. The van der Waals surface area contributed by atoms with Crippen LogP contribution in [0.3, 0.4) is 0 Å². The maximum Gasteiger partial charge on any atom is 0.355 e. The second-order valence-electron chi connectivity index (χ2n) is 7.13. The molecule has 2 aromatic carbocycles. The van der Waals surface area contributed by atoms with Gasteiger partial charge in [-0.25, -0.2) is 18.0 Å². The fourth-order valence-corrected chi connectivity index (χ4v) is 4.32. The van der Waals surface area contributed by atoms with Crippen LogP contribution in [-0.2, 0) is 33.8 Å². The van der Waals surface area contributed by atoms with Crippen molar-refractivity contribution in [3.8, 4) is 0 Å². The molecule has 0 saturated carbocycles. The van der Waals surface area contributed by atoms with Crippen LogP contribution < -0.4 is 9.62 Å². The third-order valence-corrected chi connectivity index (χ3v) is 6.31. The summed E-state index contributed by atoms with van der Waals surface area (Å²) in [6.45, 7) is 3.55. The number of carbonyl (C=O) groups is 2. The Morgan fingerprint density at radius 1 is 1.00 bits per heavy atom. The lowest BCUT2D eigenvalue weighted by Gasteiger charge is -2.31. The lowest BCUT2D eigenvalue weighted by Crippen LogP contribution is -2.38. The van der Waals surface area contributed by atoms with E-state index in [1.54, 1.807) is 6.07 Å². The molecule has 170 valence electrons. The molecule has 1 N–H and O–H groups in total. The van der Waals surface area contributed by atoms with E-state index in [0.717, 1.165) is 11.1 Å². The molecule has 0 amide bonds. The number of anilines is 2. The van der Waals surface area contributed by atoms with Gasteiger partial charge in [0.05, 0.1) is 37.0 Å². The van der Waals surface area contributed by atoms with Gasteiger partial charge >= 0.3 is 11.9 Å². The molecule has 32 heavy (non-hydrogen) atoms. The van der Waals surface area contributed by atoms with Gasteiger partial charge in [-0.1, -0.05) is 12.1 Å². The molecule has 0 aliphatic carbocycles. The average Bonchev–Trinajstić information content (AvgIpc) is 2.79. The minimum absolute atomic E-state index is 0.0129. The Labute approximate surface area is 186 Å². The van der Waals surface area contributed by atoms with Crippen molar-refractivity contribution >= 4 is 33.3 Å². The highest BCUT2D eigenvalue weighted by Crippen LogP contribution is 2.28. The summed E-state index contributed by atoms with van der Waals surface area (Å²) in [7, 11) is -1.44. The summed E-state index contributed by atoms with van der Waals surface area (Å²) >= 11 is 0. The van der Waals surface area contributed by atoms with Crippen LogP contribution in [0.25, 0.3) is 0 Å². The molecule has 9 nitrogen and oxygen atoms in total. The maximum absolute atomic E-state index is 12.9. The van der Waals surface area contributed by atoms with Gasteiger partial charge in [0.15, 0.2) is 0 Å². The van der Waals surface area contributed by atoms with Gasteiger partial charge in [0.2, 0.25) is 0 Å². The third-order valence-electron chi connectivity index (χ3n) is 4.93. The highest BCUT2D eigenvalue weighted by Gasteiger charge is 2.32. The molecule has 3 rings (SSSR count). The molecule has 0 radical (unpaired) electrons. The zero-order valence-corrected chi connectivity index (χ0v) is 19.0. The van der Waals surface area contributed by atoms with Crippen molar-refractivity contribution in [2.75, 3.05) is 37.2 Å². The second kappa shape index (κ2) is 9.41. The van der Waals surface area contributed by atoms with Gasteiger partial charge in [-0.3, -0.25) is 4.72 Å². The number of esters is 2. The Hall–Kier alpha value is -3.37. The van der Waals surface area contributed by atoms with Crippen LogP contribution in [0, 0.1) is 13.8 Å². The number of rotatable bonds is 6. The number of methoxy groups -OCH3 is 2. The Morgan fingerprint density at radius 3 is 2.28 bits per heavy atom.